The van der Waals surface area contributed by atoms with E-state index in [9.17, 15) is 9.59 Å². The van der Waals surface area contributed by atoms with Crippen LogP contribution >= 0.6 is 0 Å². The van der Waals surface area contributed by atoms with E-state index in [1.54, 1.807) is 4.90 Å². The lowest BCUT2D eigenvalue weighted by molar-refractivity contribution is -0.0108. The van der Waals surface area contributed by atoms with E-state index in [2.05, 4.69) is 9.97 Å². The number of fused-ring (bicyclic) bond motifs is 1. The number of Topliss-reactive ketones (excluding diaryl/α,β-unsaturated/α-hetero) is 1. The average Bonchev–Trinajstić information content (AvgIpc) is 2.67. The van der Waals surface area contributed by atoms with Crippen LogP contribution in [-0.4, -0.2) is 45.4 Å². The molecule has 1 aromatic carbocycles. The van der Waals surface area contributed by atoms with Crippen molar-refractivity contribution in [2.45, 2.75) is 31.5 Å². The number of carbonyl (C=O) groups excluding carboxylic acids is 2. The van der Waals surface area contributed by atoms with Crippen LogP contribution < -0.4 is 4.74 Å². The number of hydrogen-bond acceptors (Lipinski definition) is 6. The number of ether oxygens (including phenoxy) is 2. The predicted octanol–water partition coefficient (Wildman–Crippen LogP) is 2.61. The maximum Gasteiger partial charge on any atom is 0.410 e. The molecule has 134 valence electrons. The van der Waals surface area contributed by atoms with Crippen molar-refractivity contribution in [2.75, 3.05) is 13.1 Å². The summed E-state index contributed by atoms with van der Waals surface area (Å²) < 4.78 is 11.4. The molecule has 0 radical (unpaired) electrons. The molecule has 0 aliphatic carbocycles. The SMILES string of the molecule is O=C1CC2(CCN(C(=O)OCc3ccccc3)CC2)Oc2cncnc21. The van der Waals surface area contributed by atoms with Gasteiger partial charge in [-0.25, -0.2) is 14.8 Å². The predicted molar refractivity (Wildman–Crippen MR) is 91.8 cm³/mol. The molecule has 2 aliphatic heterocycles. The maximum atomic E-state index is 12.4. The van der Waals surface area contributed by atoms with E-state index in [1.807, 2.05) is 30.3 Å². The second kappa shape index (κ2) is 6.74. The second-order valence-corrected chi connectivity index (χ2v) is 6.65. The molecule has 3 heterocycles. The molecule has 7 nitrogen and oxygen atoms in total. The van der Waals surface area contributed by atoms with Gasteiger partial charge in [-0.15, -0.1) is 0 Å². The van der Waals surface area contributed by atoms with Crippen molar-refractivity contribution in [2.24, 2.45) is 0 Å². The Bertz CT molecular complexity index is 817. The Kier molecular flexibility index (Phi) is 4.28. The maximum absolute atomic E-state index is 12.4. The van der Waals surface area contributed by atoms with Crippen molar-refractivity contribution in [3.8, 4) is 5.75 Å². The summed E-state index contributed by atoms with van der Waals surface area (Å²) in [6, 6.07) is 9.57. The first-order valence-corrected chi connectivity index (χ1v) is 8.63. The molecular formula is C19H19N3O4. The molecule has 2 aliphatic rings. The largest absolute Gasteiger partial charge is 0.483 e. The molecule has 0 saturated carbocycles. The Morgan fingerprint density at radius 3 is 2.77 bits per heavy atom. The molecule has 0 N–H and O–H groups in total. The van der Waals surface area contributed by atoms with E-state index in [4.69, 9.17) is 9.47 Å². The van der Waals surface area contributed by atoms with Crippen LogP contribution in [0.4, 0.5) is 4.79 Å². The second-order valence-electron chi connectivity index (χ2n) is 6.65. The Hall–Kier alpha value is -2.96. The summed E-state index contributed by atoms with van der Waals surface area (Å²) in [7, 11) is 0. The lowest BCUT2D eigenvalue weighted by Crippen LogP contribution is -2.52. The van der Waals surface area contributed by atoms with Crippen molar-refractivity contribution < 1.29 is 19.1 Å². The fourth-order valence-corrected chi connectivity index (χ4v) is 3.43. The summed E-state index contributed by atoms with van der Waals surface area (Å²) in [5.41, 5.74) is 0.716. The van der Waals surface area contributed by atoms with Crippen LogP contribution in [-0.2, 0) is 11.3 Å². The number of hydrogen-bond donors (Lipinski definition) is 0. The van der Waals surface area contributed by atoms with Crippen LogP contribution in [0.3, 0.4) is 0 Å². The minimum Gasteiger partial charge on any atom is -0.483 e. The van der Waals surface area contributed by atoms with E-state index in [-0.39, 0.29) is 24.9 Å². The number of aromatic nitrogens is 2. The normalized spacial score (nSPS) is 18.2. The molecule has 0 bridgehead atoms. The number of nitrogens with zero attached hydrogens (tertiary/aromatic N) is 3. The first-order valence-electron chi connectivity index (χ1n) is 8.63. The van der Waals surface area contributed by atoms with E-state index >= 15 is 0 Å². The van der Waals surface area contributed by atoms with Crippen LogP contribution in [0.5, 0.6) is 5.75 Å². The zero-order chi connectivity index (χ0) is 18.0. The smallest absolute Gasteiger partial charge is 0.410 e. The zero-order valence-corrected chi connectivity index (χ0v) is 14.3. The van der Waals surface area contributed by atoms with Gasteiger partial charge < -0.3 is 14.4 Å². The van der Waals surface area contributed by atoms with Gasteiger partial charge >= 0.3 is 6.09 Å². The third-order valence-electron chi connectivity index (χ3n) is 4.89. The lowest BCUT2D eigenvalue weighted by atomic mass is 9.84. The van der Waals surface area contributed by atoms with Gasteiger partial charge in [-0.3, -0.25) is 4.79 Å². The first kappa shape index (κ1) is 16.5. The Morgan fingerprint density at radius 1 is 1.23 bits per heavy atom. The summed E-state index contributed by atoms with van der Waals surface area (Å²) in [4.78, 5) is 34.2. The van der Waals surface area contributed by atoms with Crippen molar-refractivity contribution in [1.29, 1.82) is 0 Å². The van der Waals surface area contributed by atoms with E-state index in [1.165, 1.54) is 12.5 Å². The Labute approximate surface area is 151 Å². The highest BCUT2D eigenvalue weighted by Crippen LogP contribution is 2.38. The fraction of sp³-hybridized carbons (Fsp3) is 0.368. The van der Waals surface area contributed by atoms with Crippen LogP contribution in [0, 0.1) is 0 Å². The Balaban J connectivity index is 1.35. The molecule has 1 fully saturated rings. The Morgan fingerprint density at radius 2 is 2.00 bits per heavy atom. The number of rotatable bonds is 2. The van der Waals surface area contributed by atoms with Gasteiger partial charge in [-0.1, -0.05) is 30.3 Å². The van der Waals surface area contributed by atoms with Gasteiger partial charge in [-0.2, -0.15) is 0 Å². The van der Waals surface area contributed by atoms with Gasteiger partial charge in [0.05, 0.1) is 12.6 Å². The van der Waals surface area contributed by atoms with Gasteiger partial charge in [-0.05, 0) is 5.56 Å². The van der Waals surface area contributed by atoms with Crippen molar-refractivity contribution >= 4 is 11.9 Å². The average molecular weight is 353 g/mol. The van der Waals surface area contributed by atoms with E-state index < -0.39 is 5.60 Å². The minimum atomic E-state index is -0.578. The van der Waals surface area contributed by atoms with Crippen molar-refractivity contribution in [1.82, 2.24) is 14.9 Å². The number of ketones is 1. The minimum absolute atomic E-state index is 0.0336. The van der Waals surface area contributed by atoms with E-state index in [0.29, 0.717) is 37.4 Å². The highest BCUT2D eigenvalue weighted by atomic mass is 16.6. The standard InChI is InChI=1S/C19H19N3O4/c23-15-10-19(26-16-11-20-13-21-17(15)16)6-8-22(9-7-19)18(24)25-12-14-4-2-1-3-5-14/h1-5,11,13H,6-10,12H2. The lowest BCUT2D eigenvalue weighted by Gasteiger charge is -2.43. The molecule has 2 aromatic rings. The number of likely N-dealkylation sites (tertiary alicyclic amines) is 1. The van der Waals surface area contributed by atoms with Gasteiger partial charge in [0.15, 0.2) is 17.2 Å². The zero-order valence-electron chi connectivity index (χ0n) is 14.3. The van der Waals surface area contributed by atoms with Crippen LogP contribution in [0.15, 0.2) is 42.9 Å². The van der Waals surface area contributed by atoms with Gasteiger partial charge in [0.1, 0.15) is 18.5 Å². The van der Waals surface area contributed by atoms with Crippen molar-refractivity contribution in [3.63, 3.8) is 0 Å². The third-order valence-corrected chi connectivity index (χ3v) is 4.89. The molecule has 4 rings (SSSR count). The molecule has 7 heteroatoms. The molecule has 1 spiro atoms. The molecule has 0 unspecified atom stereocenters. The molecule has 0 atom stereocenters. The molecule has 1 amide bonds. The number of carbonyl (C=O) groups is 2. The monoisotopic (exact) mass is 353 g/mol. The summed E-state index contributed by atoms with van der Waals surface area (Å²) in [5, 5.41) is 0. The quantitative estimate of drug-likeness (QED) is 0.825. The van der Waals surface area contributed by atoms with Gasteiger partial charge in [0, 0.05) is 25.9 Å². The van der Waals surface area contributed by atoms with Gasteiger partial charge in [0.25, 0.3) is 0 Å². The van der Waals surface area contributed by atoms with E-state index in [0.717, 1.165) is 5.56 Å². The number of amides is 1. The summed E-state index contributed by atoms with van der Waals surface area (Å²) in [5.74, 6) is 0.401. The summed E-state index contributed by atoms with van der Waals surface area (Å²) in [6.45, 7) is 1.23. The van der Waals surface area contributed by atoms with Crippen molar-refractivity contribution in [3.05, 3.63) is 54.1 Å². The first-order chi connectivity index (χ1) is 12.7. The highest BCUT2D eigenvalue weighted by Gasteiger charge is 2.44. The van der Waals surface area contributed by atoms with Crippen LogP contribution in [0.25, 0.3) is 0 Å². The van der Waals surface area contributed by atoms with Crippen LogP contribution in [0.2, 0.25) is 0 Å². The topological polar surface area (TPSA) is 81.6 Å². The summed E-state index contributed by atoms with van der Waals surface area (Å²) in [6.07, 6.45) is 3.98. The third kappa shape index (κ3) is 3.24. The molecule has 26 heavy (non-hydrogen) atoms. The molecule has 1 aromatic heterocycles. The fourth-order valence-electron chi connectivity index (χ4n) is 3.43. The van der Waals surface area contributed by atoms with Crippen LogP contribution in [0.1, 0.15) is 35.3 Å². The van der Waals surface area contributed by atoms with Gasteiger partial charge in [0.2, 0.25) is 0 Å². The highest BCUT2D eigenvalue weighted by molar-refractivity contribution is 5.98. The number of benzene rings is 1. The number of piperidine rings is 1. The molecule has 1 saturated heterocycles. The molecular weight excluding hydrogens is 334 g/mol. The summed E-state index contributed by atoms with van der Waals surface area (Å²) >= 11 is 0.